The van der Waals surface area contributed by atoms with Gasteiger partial charge >= 0.3 is 0 Å². The number of pyridine rings is 1. The van der Waals surface area contributed by atoms with E-state index in [1.54, 1.807) is 6.07 Å². The summed E-state index contributed by atoms with van der Waals surface area (Å²) in [7, 11) is 0. The molecule has 4 fully saturated rings. The fourth-order valence-corrected chi connectivity index (χ4v) is 7.61. The van der Waals surface area contributed by atoms with Crippen molar-refractivity contribution in [1.29, 1.82) is 5.26 Å². The molecule has 41 heavy (non-hydrogen) atoms. The van der Waals surface area contributed by atoms with Gasteiger partial charge in [0.05, 0.1) is 50.0 Å². The van der Waals surface area contributed by atoms with Crippen LogP contribution in [-0.2, 0) is 26.4 Å². The second-order valence-electron chi connectivity index (χ2n) is 12.2. The quantitative estimate of drug-likeness (QED) is 0.524. The molecule has 1 spiro atoms. The van der Waals surface area contributed by atoms with Crippen molar-refractivity contribution in [2.45, 2.75) is 43.5 Å². The van der Waals surface area contributed by atoms with Crippen LogP contribution in [-0.4, -0.2) is 93.2 Å². The van der Waals surface area contributed by atoms with Gasteiger partial charge in [-0.3, -0.25) is 9.88 Å². The molecule has 8 rings (SSSR count). The highest BCUT2D eigenvalue weighted by molar-refractivity contribution is 5.95. The molecule has 212 valence electrons. The van der Waals surface area contributed by atoms with Gasteiger partial charge in [-0.25, -0.2) is 0 Å². The Labute approximate surface area is 242 Å². The highest BCUT2D eigenvalue weighted by Gasteiger charge is 2.50. The van der Waals surface area contributed by atoms with E-state index in [9.17, 15) is 5.26 Å². The van der Waals surface area contributed by atoms with Gasteiger partial charge in [-0.2, -0.15) is 5.26 Å². The van der Waals surface area contributed by atoms with Crippen LogP contribution in [0.4, 0.5) is 11.4 Å². The fourth-order valence-electron chi connectivity index (χ4n) is 7.61. The van der Waals surface area contributed by atoms with Gasteiger partial charge in [-0.1, -0.05) is 6.07 Å². The van der Waals surface area contributed by atoms with E-state index in [1.807, 2.05) is 18.2 Å². The summed E-state index contributed by atoms with van der Waals surface area (Å²) in [6.45, 7) is 10.5. The normalized spacial score (nSPS) is 29.2. The molecule has 0 aliphatic carbocycles. The minimum atomic E-state index is -0.222. The van der Waals surface area contributed by atoms with Gasteiger partial charge in [0.15, 0.2) is 0 Å². The van der Waals surface area contributed by atoms with E-state index in [1.165, 1.54) is 16.8 Å². The Balaban J connectivity index is 0.940. The number of benzene rings is 2. The number of hydrogen-bond acceptors (Lipinski definition) is 9. The molecule has 0 amide bonds. The molecule has 9 heteroatoms. The zero-order valence-electron chi connectivity index (χ0n) is 24.4. The van der Waals surface area contributed by atoms with Crippen molar-refractivity contribution < 1.29 is 15.6 Å². The molecule has 6 heterocycles. The summed E-state index contributed by atoms with van der Waals surface area (Å²) < 4.78 is 26.8. The lowest BCUT2D eigenvalue weighted by Crippen LogP contribution is -2.62. The Morgan fingerprint density at radius 3 is 2.95 bits per heavy atom. The molecule has 3 aromatic rings. The summed E-state index contributed by atoms with van der Waals surface area (Å²) >= 11 is 0. The Morgan fingerprint density at radius 2 is 2.07 bits per heavy atom. The van der Waals surface area contributed by atoms with Gasteiger partial charge in [0, 0.05) is 75.3 Å². The summed E-state index contributed by atoms with van der Waals surface area (Å²) in [5, 5.41) is 14.1. The fraction of sp³-hybridized carbons (Fsp3) is 0.500. The predicted octanol–water partition coefficient (Wildman–Crippen LogP) is 2.62. The molecule has 4 saturated heterocycles. The largest absolute Gasteiger partial charge is 0.373 e. The number of morpholine rings is 2. The van der Waals surface area contributed by atoms with E-state index in [2.05, 4.69) is 56.2 Å². The lowest BCUT2D eigenvalue weighted by Gasteiger charge is -2.50. The minimum absolute atomic E-state index is 0.0537. The number of nitrogens with zero attached hydrogens (tertiary/aromatic N) is 5. The first kappa shape index (κ1) is 24.3. The predicted molar refractivity (Wildman–Crippen MR) is 156 cm³/mol. The molecular formula is C32H36N6O3. The molecule has 9 nitrogen and oxygen atoms in total. The van der Waals surface area contributed by atoms with Crippen molar-refractivity contribution in [3.8, 4) is 6.07 Å². The van der Waals surface area contributed by atoms with E-state index < -0.39 is 0 Å². The number of likely N-dealkylation sites (tertiary alicyclic amines) is 1. The van der Waals surface area contributed by atoms with Crippen molar-refractivity contribution in [2.24, 2.45) is 0 Å². The maximum Gasteiger partial charge on any atom is 0.119 e. The van der Waals surface area contributed by atoms with E-state index in [-0.39, 0.29) is 30.1 Å². The molecule has 1 aromatic heterocycles. The van der Waals surface area contributed by atoms with Crippen molar-refractivity contribution >= 4 is 22.3 Å². The summed E-state index contributed by atoms with van der Waals surface area (Å²) in [5.41, 5.74) is 5.82. The zero-order valence-corrected chi connectivity index (χ0v) is 23.4. The van der Waals surface area contributed by atoms with Gasteiger partial charge in [-0.15, -0.1) is 0 Å². The first-order valence-corrected chi connectivity index (χ1v) is 14.8. The Hall–Kier alpha value is -3.26. The molecular weight excluding hydrogens is 516 g/mol. The maximum atomic E-state index is 9.59. The summed E-state index contributed by atoms with van der Waals surface area (Å²) in [6.07, 6.45) is 0.575. The number of hydrogen-bond donors (Lipinski definition) is 1. The monoisotopic (exact) mass is 553 g/mol. The molecule has 0 saturated carbocycles. The minimum Gasteiger partial charge on any atom is -0.373 e. The Morgan fingerprint density at radius 1 is 1.15 bits per heavy atom. The third kappa shape index (κ3) is 4.37. The van der Waals surface area contributed by atoms with Crippen molar-refractivity contribution in [3.05, 3.63) is 65.3 Å². The summed E-state index contributed by atoms with van der Waals surface area (Å²) in [6, 6.07) is 17.0. The Bertz CT molecular complexity index is 1560. The van der Waals surface area contributed by atoms with E-state index in [0.717, 1.165) is 70.0 Å². The van der Waals surface area contributed by atoms with Crippen LogP contribution in [0.25, 0.3) is 10.9 Å². The third-order valence-corrected chi connectivity index (χ3v) is 9.46. The van der Waals surface area contributed by atoms with Crippen LogP contribution in [0.15, 0.2) is 48.6 Å². The van der Waals surface area contributed by atoms with Crippen molar-refractivity contribution in [3.63, 3.8) is 0 Å². The average Bonchev–Trinajstić information content (AvgIpc) is 3.58. The zero-order chi connectivity index (χ0) is 28.4. The number of nitrogens with one attached hydrogen (secondary N) is 1. The topological polar surface area (TPSA) is 86.1 Å². The standard InChI is InChI=1S/C32H36N6O3/c1-21-13-38(29-7-4-22(12-33)31-26(29)3-2-8-35-31)15-25(41-21)14-36-19-32(20-36)27-6-5-24(11-23(27)18-40-32)37-16-28-30(17-37)39-10-9-34-28/h2-8,11,21,25,28,30,34H,9-10,13-20H2,1H3/t21-,25+,28-,30-/m1/s1/i8D. The van der Waals surface area contributed by atoms with E-state index in [4.69, 9.17) is 15.6 Å². The summed E-state index contributed by atoms with van der Waals surface area (Å²) in [5.74, 6) is 0. The second-order valence-corrected chi connectivity index (χ2v) is 12.2. The van der Waals surface area contributed by atoms with Crippen molar-refractivity contribution in [2.75, 3.05) is 68.8 Å². The molecule has 5 aliphatic heterocycles. The lowest BCUT2D eigenvalue weighted by atomic mass is 9.85. The van der Waals surface area contributed by atoms with Gasteiger partial charge in [0.25, 0.3) is 0 Å². The molecule has 2 aromatic carbocycles. The van der Waals surface area contributed by atoms with Gasteiger partial charge < -0.3 is 29.3 Å². The number of nitriles is 1. The smallest absolute Gasteiger partial charge is 0.119 e. The third-order valence-electron chi connectivity index (χ3n) is 9.46. The highest BCUT2D eigenvalue weighted by atomic mass is 16.5. The van der Waals surface area contributed by atoms with Crippen LogP contribution in [0.3, 0.4) is 0 Å². The molecule has 0 unspecified atom stereocenters. The number of rotatable bonds is 4. The second kappa shape index (κ2) is 9.93. The van der Waals surface area contributed by atoms with Crippen LogP contribution >= 0.6 is 0 Å². The van der Waals surface area contributed by atoms with Crippen molar-refractivity contribution in [1.82, 2.24) is 15.2 Å². The number of ether oxygens (including phenoxy) is 3. The lowest BCUT2D eigenvalue weighted by molar-refractivity contribution is -0.155. The van der Waals surface area contributed by atoms with Crippen LogP contribution < -0.4 is 15.1 Å². The Kier molecular flexibility index (Phi) is 5.90. The number of anilines is 2. The maximum absolute atomic E-state index is 9.59. The molecule has 5 aliphatic rings. The van der Waals surface area contributed by atoms with Gasteiger partial charge in [0.2, 0.25) is 0 Å². The molecule has 0 bridgehead atoms. The highest BCUT2D eigenvalue weighted by Crippen LogP contribution is 2.45. The SMILES string of the molecule is [2H]c1ccc2c(N3C[C@H](CN4CC5(C4)OCc4cc(N6C[C@H]7NCCO[C@@H]7C6)ccc45)O[C@H](C)C3)ccc(C#N)c2n1. The van der Waals surface area contributed by atoms with Crippen LogP contribution in [0.5, 0.6) is 0 Å². The number of fused-ring (bicyclic) bond motifs is 4. The van der Waals surface area contributed by atoms with E-state index >= 15 is 0 Å². The van der Waals surface area contributed by atoms with Gasteiger partial charge in [0.1, 0.15) is 11.7 Å². The summed E-state index contributed by atoms with van der Waals surface area (Å²) in [4.78, 5) is 11.6. The molecule has 1 N–H and O–H groups in total. The van der Waals surface area contributed by atoms with Crippen LogP contribution in [0.1, 0.15) is 25.0 Å². The van der Waals surface area contributed by atoms with Crippen LogP contribution in [0.2, 0.25) is 0 Å². The van der Waals surface area contributed by atoms with Gasteiger partial charge in [-0.05, 0) is 54.4 Å². The first-order chi connectivity index (χ1) is 20.5. The molecule has 0 radical (unpaired) electrons. The van der Waals surface area contributed by atoms with E-state index in [0.29, 0.717) is 23.7 Å². The number of aromatic nitrogens is 1. The average molecular weight is 554 g/mol. The first-order valence-electron chi connectivity index (χ1n) is 15.3. The molecule has 4 atom stereocenters. The van der Waals surface area contributed by atoms with Crippen LogP contribution in [0, 0.1) is 11.3 Å².